The smallest absolute Gasteiger partial charge is 0.160 e. The summed E-state index contributed by atoms with van der Waals surface area (Å²) < 4.78 is 0. The number of fused-ring (bicyclic) bond motifs is 1. The highest BCUT2D eigenvalue weighted by molar-refractivity contribution is 7.98. The van der Waals surface area contributed by atoms with Gasteiger partial charge < -0.3 is 0 Å². The standard InChI is InChI=1S/C21H20N2S/c1-3-9-16(10-4-1)15-24-21-18-13-7-8-14-19(18)22-20(23-21)17-11-5-2-6-12-17/h1-6,9-12H,7-8,13-15H2. The lowest BCUT2D eigenvalue weighted by molar-refractivity contribution is 0.647. The van der Waals surface area contributed by atoms with E-state index in [2.05, 4.69) is 54.6 Å². The third-order valence-corrected chi connectivity index (χ3v) is 5.48. The van der Waals surface area contributed by atoms with Crippen LogP contribution in [0.3, 0.4) is 0 Å². The molecule has 1 heterocycles. The molecule has 3 aromatic rings. The largest absolute Gasteiger partial charge is 0.233 e. The zero-order valence-corrected chi connectivity index (χ0v) is 14.4. The molecule has 0 amide bonds. The molecule has 0 radical (unpaired) electrons. The average molecular weight is 332 g/mol. The van der Waals surface area contributed by atoms with Crippen LogP contribution in [0.1, 0.15) is 29.7 Å². The van der Waals surface area contributed by atoms with E-state index in [0.717, 1.165) is 30.0 Å². The SMILES string of the molecule is c1ccc(CSc2nc(-c3ccccc3)nc3c2CCCC3)cc1. The molecule has 0 N–H and O–H groups in total. The minimum absolute atomic E-state index is 0.867. The summed E-state index contributed by atoms with van der Waals surface area (Å²) in [6.45, 7) is 0. The van der Waals surface area contributed by atoms with Crippen LogP contribution in [-0.4, -0.2) is 9.97 Å². The zero-order valence-electron chi connectivity index (χ0n) is 13.6. The molecule has 0 atom stereocenters. The summed E-state index contributed by atoms with van der Waals surface area (Å²) in [5.41, 5.74) is 5.08. The minimum Gasteiger partial charge on any atom is -0.233 e. The van der Waals surface area contributed by atoms with Crippen molar-refractivity contribution in [3.8, 4) is 11.4 Å². The van der Waals surface area contributed by atoms with Gasteiger partial charge in [-0.15, -0.1) is 11.8 Å². The first kappa shape index (κ1) is 15.4. The van der Waals surface area contributed by atoms with Crippen LogP contribution < -0.4 is 0 Å². The molecule has 1 aromatic heterocycles. The summed E-state index contributed by atoms with van der Waals surface area (Å²) in [6, 6.07) is 20.9. The van der Waals surface area contributed by atoms with Crippen LogP contribution in [0.15, 0.2) is 65.7 Å². The first-order valence-electron chi connectivity index (χ1n) is 8.52. The highest BCUT2D eigenvalue weighted by Crippen LogP contribution is 2.32. The van der Waals surface area contributed by atoms with E-state index in [1.807, 2.05) is 17.8 Å². The number of benzene rings is 2. The Balaban J connectivity index is 1.68. The van der Waals surface area contributed by atoms with E-state index in [1.54, 1.807) is 0 Å². The number of hydrogen-bond acceptors (Lipinski definition) is 3. The van der Waals surface area contributed by atoms with Crippen molar-refractivity contribution in [1.82, 2.24) is 9.97 Å². The van der Waals surface area contributed by atoms with Crippen molar-refractivity contribution in [2.45, 2.75) is 36.5 Å². The number of rotatable bonds is 4. The average Bonchev–Trinajstić information content (AvgIpc) is 2.67. The molecule has 4 rings (SSSR count). The molecule has 0 spiro atoms. The van der Waals surface area contributed by atoms with Gasteiger partial charge in [-0.25, -0.2) is 9.97 Å². The third kappa shape index (κ3) is 3.36. The van der Waals surface area contributed by atoms with Gasteiger partial charge in [-0.1, -0.05) is 60.7 Å². The van der Waals surface area contributed by atoms with Crippen molar-refractivity contribution < 1.29 is 0 Å². The van der Waals surface area contributed by atoms with E-state index in [4.69, 9.17) is 9.97 Å². The van der Waals surface area contributed by atoms with Gasteiger partial charge in [0.25, 0.3) is 0 Å². The second-order valence-electron chi connectivity index (χ2n) is 6.13. The van der Waals surface area contributed by atoms with Crippen LogP contribution in [0.25, 0.3) is 11.4 Å². The Labute approximate surface area is 147 Å². The van der Waals surface area contributed by atoms with Gasteiger partial charge >= 0.3 is 0 Å². The number of nitrogens with zero attached hydrogens (tertiary/aromatic N) is 2. The summed E-state index contributed by atoms with van der Waals surface area (Å²) >= 11 is 1.85. The Morgan fingerprint density at radius 3 is 2.29 bits per heavy atom. The van der Waals surface area contributed by atoms with E-state index in [9.17, 15) is 0 Å². The van der Waals surface area contributed by atoms with Crippen LogP contribution in [0.2, 0.25) is 0 Å². The fraction of sp³-hybridized carbons (Fsp3) is 0.238. The van der Waals surface area contributed by atoms with Crippen molar-refractivity contribution >= 4 is 11.8 Å². The molecule has 3 heteroatoms. The van der Waals surface area contributed by atoms with Crippen LogP contribution in [-0.2, 0) is 18.6 Å². The summed E-state index contributed by atoms with van der Waals surface area (Å²) in [6.07, 6.45) is 4.68. The Morgan fingerprint density at radius 2 is 1.50 bits per heavy atom. The second kappa shape index (κ2) is 7.18. The van der Waals surface area contributed by atoms with Crippen molar-refractivity contribution in [3.63, 3.8) is 0 Å². The molecular formula is C21H20N2S. The van der Waals surface area contributed by atoms with Crippen molar-refractivity contribution in [2.75, 3.05) is 0 Å². The fourth-order valence-corrected chi connectivity index (χ4v) is 4.16. The van der Waals surface area contributed by atoms with Crippen LogP contribution in [0, 0.1) is 0 Å². The number of aryl methyl sites for hydroxylation is 1. The molecule has 1 aliphatic rings. The summed E-state index contributed by atoms with van der Waals surface area (Å²) in [5, 5.41) is 1.17. The van der Waals surface area contributed by atoms with Gasteiger partial charge in [-0.3, -0.25) is 0 Å². The Kier molecular flexibility index (Phi) is 4.61. The van der Waals surface area contributed by atoms with Gasteiger partial charge in [-0.05, 0) is 31.2 Å². The zero-order chi connectivity index (χ0) is 16.2. The van der Waals surface area contributed by atoms with Crippen molar-refractivity contribution in [2.24, 2.45) is 0 Å². The molecule has 2 nitrogen and oxygen atoms in total. The maximum atomic E-state index is 4.92. The van der Waals surface area contributed by atoms with Gasteiger partial charge in [0, 0.05) is 22.6 Å². The van der Waals surface area contributed by atoms with E-state index in [-0.39, 0.29) is 0 Å². The van der Waals surface area contributed by atoms with Gasteiger partial charge in [0.05, 0.1) is 0 Å². The van der Waals surface area contributed by atoms with Crippen molar-refractivity contribution in [3.05, 3.63) is 77.5 Å². The maximum absolute atomic E-state index is 4.92. The summed E-state index contributed by atoms with van der Waals surface area (Å²) in [7, 11) is 0. The number of aromatic nitrogens is 2. The topological polar surface area (TPSA) is 25.8 Å². The minimum atomic E-state index is 0.867. The molecule has 0 fully saturated rings. The molecule has 1 aliphatic carbocycles. The Bertz CT molecular complexity index is 816. The highest BCUT2D eigenvalue weighted by Gasteiger charge is 2.18. The molecule has 0 unspecified atom stereocenters. The quantitative estimate of drug-likeness (QED) is 0.478. The van der Waals surface area contributed by atoms with Crippen molar-refractivity contribution in [1.29, 1.82) is 0 Å². The molecule has 0 bridgehead atoms. The predicted octanol–water partition coefficient (Wildman–Crippen LogP) is 5.31. The number of hydrogen-bond donors (Lipinski definition) is 0. The van der Waals surface area contributed by atoms with E-state index < -0.39 is 0 Å². The van der Waals surface area contributed by atoms with Gasteiger partial charge in [0.1, 0.15) is 5.03 Å². The Morgan fingerprint density at radius 1 is 0.792 bits per heavy atom. The highest BCUT2D eigenvalue weighted by atomic mass is 32.2. The molecule has 0 saturated heterocycles. The molecule has 2 aromatic carbocycles. The third-order valence-electron chi connectivity index (χ3n) is 4.40. The van der Waals surface area contributed by atoms with Gasteiger partial charge in [0.2, 0.25) is 0 Å². The van der Waals surface area contributed by atoms with Crippen LogP contribution in [0.4, 0.5) is 0 Å². The summed E-state index contributed by atoms with van der Waals surface area (Å²) in [5.74, 6) is 1.82. The summed E-state index contributed by atoms with van der Waals surface area (Å²) in [4.78, 5) is 9.80. The van der Waals surface area contributed by atoms with Gasteiger partial charge in [-0.2, -0.15) is 0 Å². The van der Waals surface area contributed by atoms with E-state index in [0.29, 0.717) is 0 Å². The molecule has 24 heavy (non-hydrogen) atoms. The second-order valence-corrected chi connectivity index (χ2v) is 7.09. The Hall–Kier alpha value is -2.13. The fourth-order valence-electron chi connectivity index (χ4n) is 3.12. The lowest BCUT2D eigenvalue weighted by Crippen LogP contribution is -2.10. The molecular weight excluding hydrogens is 312 g/mol. The lowest BCUT2D eigenvalue weighted by Gasteiger charge is -2.19. The van der Waals surface area contributed by atoms with Crippen LogP contribution in [0.5, 0.6) is 0 Å². The van der Waals surface area contributed by atoms with E-state index in [1.165, 1.54) is 34.7 Å². The van der Waals surface area contributed by atoms with Gasteiger partial charge in [0.15, 0.2) is 5.82 Å². The predicted molar refractivity (Wildman–Crippen MR) is 100 cm³/mol. The lowest BCUT2D eigenvalue weighted by atomic mass is 9.97. The first-order chi connectivity index (χ1) is 11.9. The normalized spacial score (nSPS) is 13.5. The monoisotopic (exact) mass is 332 g/mol. The number of thioether (sulfide) groups is 1. The molecule has 120 valence electrons. The molecule has 0 saturated carbocycles. The molecule has 0 aliphatic heterocycles. The first-order valence-corrected chi connectivity index (χ1v) is 9.50. The maximum Gasteiger partial charge on any atom is 0.160 e. The van der Waals surface area contributed by atoms with Crippen LogP contribution >= 0.6 is 11.8 Å². The van der Waals surface area contributed by atoms with E-state index >= 15 is 0 Å².